The Kier molecular flexibility index (Phi) is 11.3. The predicted molar refractivity (Wildman–Crippen MR) is 174 cm³/mol. The van der Waals surface area contributed by atoms with Crippen molar-refractivity contribution in [3.05, 3.63) is 91.9 Å². The minimum absolute atomic E-state index is 0.0275. The van der Waals surface area contributed by atoms with E-state index >= 15 is 0 Å². The summed E-state index contributed by atoms with van der Waals surface area (Å²) in [4.78, 5) is 29.2. The maximum absolute atomic E-state index is 14.3. The van der Waals surface area contributed by atoms with E-state index in [2.05, 4.69) is 5.32 Å². The third-order valence-electron chi connectivity index (χ3n) is 7.51. The first-order valence-electron chi connectivity index (χ1n) is 14.0. The third-order valence-corrected chi connectivity index (χ3v) is 10.4. The topological polar surface area (TPSA) is 86.8 Å². The maximum atomic E-state index is 14.3. The van der Waals surface area contributed by atoms with Crippen molar-refractivity contribution < 1.29 is 18.0 Å². The summed E-state index contributed by atoms with van der Waals surface area (Å²) in [6.07, 6.45) is 4.08. The summed E-state index contributed by atoms with van der Waals surface area (Å²) in [5.74, 6) is -0.923. The fraction of sp³-hybridized carbons (Fsp3) is 0.355. The van der Waals surface area contributed by atoms with Crippen molar-refractivity contribution in [2.75, 3.05) is 10.8 Å². The van der Waals surface area contributed by atoms with E-state index in [0.717, 1.165) is 35.6 Å². The van der Waals surface area contributed by atoms with Gasteiger partial charge in [0.15, 0.2) is 0 Å². The van der Waals surface area contributed by atoms with Crippen LogP contribution < -0.4 is 9.62 Å². The molecule has 4 rings (SSSR count). The smallest absolute Gasteiger partial charge is 0.264 e. The average molecular weight is 686 g/mol. The van der Waals surface area contributed by atoms with Crippen molar-refractivity contribution in [3.63, 3.8) is 0 Å². The number of halogens is 4. The lowest BCUT2D eigenvalue weighted by molar-refractivity contribution is -0.140. The molecule has 230 valence electrons. The number of benzene rings is 3. The first-order chi connectivity index (χ1) is 20.4. The van der Waals surface area contributed by atoms with Gasteiger partial charge in [0.25, 0.3) is 10.0 Å². The van der Waals surface area contributed by atoms with Crippen LogP contribution in [0.5, 0.6) is 0 Å². The Morgan fingerprint density at radius 1 is 0.907 bits per heavy atom. The summed E-state index contributed by atoms with van der Waals surface area (Å²) in [5.41, 5.74) is 1.46. The van der Waals surface area contributed by atoms with E-state index in [9.17, 15) is 18.0 Å². The van der Waals surface area contributed by atoms with Crippen LogP contribution in [-0.2, 0) is 26.2 Å². The van der Waals surface area contributed by atoms with Crippen LogP contribution in [0.15, 0.2) is 65.6 Å². The third kappa shape index (κ3) is 8.17. The minimum Gasteiger partial charge on any atom is -0.352 e. The van der Waals surface area contributed by atoms with Crippen LogP contribution in [0.2, 0.25) is 20.1 Å². The summed E-state index contributed by atoms with van der Waals surface area (Å²) in [7, 11) is -4.30. The second-order valence-corrected chi connectivity index (χ2v) is 14.1. The highest BCUT2D eigenvalue weighted by Crippen LogP contribution is 2.34. The number of hydrogen-bond acceptors (Lipinski definition) is 4. The molecular weight excluding hydrogens is 652 g/mol. The lowest BCUT2D eigenvalue weighted by atomic mass is 10.1. The quantitative estimate of drug-likeness (QED) is 0.225. The monoisotopic (exact) mass is 683 g/mol. The molecule has 7 nitrogen and oxygen atoms in total. The molecule has 1 unspecified atom stereocenters. The highest BCUT2D eigenvalue weighted by molar-refractivity contribution is 7.92. The Morgan fingerprint density at radius 2 is 1.53 bits per heavy atom. The zero-order valence-electron chi connectivity index (χ0n) is 23.8. The highest BCUT2D eigenvalue weighted by atomic mass is 35.5. The molecule has 0 saturated heterocycles. The van der Waals surface area contributed by atoms with Gasteiger partial charge < -0.3 is 10.2 Å². The Labute approximate surface area is 273 Å². The van der Waals surface area contributed by atoms with Gasteiger partial charge in [0.05, 0.1) is 15.6 Å². The van der Waals surface area contributed by atoms with Gasteiger partial charge in [-0.25, -0.2) is 8.42 Å². The van der Waals surface area contributed by atoms with Crippen LogP contribution in [0.4, 0.5) is 5.69 Å². The first kappa shape index (κ1) is 33.4. The number of aryl methyl sites for hydroxylation is 1. The predicted octanol–water partition coefficient (Wildman–Crippen LogP) is 7.67. The Morgan fingerprint density at radius 3 is 2.16 bits per heavy atom. The highest BCUT2D eigenvalue weighted by Gasteiger charge is 2.35. The largest absolute Gasteiger partial charge is 0.352 e. The van der Waals surface area contributed by atoms with Gasteiger partial charge in [0.2, 0.25) is 11.8 Å². The molecule has 0 aliphatic heterocycles. The van der Waals surface area contributed by atoms with Crippen molar-refractivity contribution in [2.45, 2.75) is 69.5 Å². The van der Waals surface area contributed by atoms with E-state index in [1.54, 1.807) is 37.3 Å². The molecule has 0 aromatic heterocycles. The number of carbonyl (C=O) groups excluding carboxylic acids is 2. The van der Waals surface area contributed by atoms with E-state index in [1.165, 1.54) is 35.2 Å². The average Bonchev–Trinajstić information content (AvgIpc) is 3.47. The van der Waals surface area contributed by atoms with Crippen LogP contribution >= 0.6 is 46.4 Å². The molecule has 3 aromatic carbocycles. The second-order valence-electron chi connectivity index (χ2n) is 10.6. The first-order valence-corrected chi connectivity index (χ1v) is 16.9. The Bertz CT molecular complexity index is 1580. The molecule has 1 atom stereocenters. The molecule has 43 heavy (non-hydrogen) atoms. The lowest BCUT2D eigenvalue weighted by Gasteiger charge is -2.34. The van der Waals surface area contributed by atoms with Crippen LogP contribution in [-0.4, -0.2) is 43.8 Å². The zero-order chi connectivity index (χ0) is 31.3. The molecule has 0 spiro atoms. The SMILES string of the molecule is CCC(C(=O)NC1CCCC1)N(Cc1ccc(Cl)cc1Cl)C(=O)CN(c1cc(Cl)ccc1Cl)S(=O)(=O)c1ccc(C)cc1. The summed E-state index contributed by atoms with van der Waals surface area (Å²) in [6.45, 7) is 2.95. The molecular formula is C31H33Cl4N3O4S. The van der Waals surface area contributed by atoms with E-state index in [4.69, 9.17) is 46.4 Å². The fourth-order valence-corrected chi connectivity index (χ4v) is 7.48. The zero-order valence-corrected chi connectivity index (χ0v) is 27.7. The molecule has 1 aliphatic rings. The number of nitrogens with zero attached hydrogens (tertiary/aromatic N) is 2. The van der Waals surface area contributed by atoms with Gasteiger partial charge in [-0.2, -0.15) is 0 Å². The van der Waals surface area contributed by atoms with E-state index in [-0.39, 0.29) is 45.5 Å². The van der Waals surface area contributed by atoms with Gasteiger partial charge in [-0.3, -0.25) is 13.9 Å². The summed E-state index contributed by atoms with van der Waals surface area (Å²) < 4.78 is 29.1. The molecule has 1 saturated carbocycles. The molecule has 1 fully saturated rings. The van der Waals surface area contributed by atoms with Gasteiger partial charge in [-0.15, -0.1) is 0 Å². The van der Waals surface area contributed by atoms with Crippen LogP contribution in [0.1, 0.15) is 50.2 Å². The van der Waals surface area contributed by atoms with Gasteiger partial charge in [0, 0.05) is 27.7 Å². The molecule has 0 radical (unpaired) electrons. The normalized spacial score (nSPS) is 14.4. The van der Waals surface area contributed by atoms with E-state index in [1.807, 2.05) is 6.92 Å². The van der Waals surface area contributed by atoms with Gasteiger partial charge in [-0.1, -0.05) is 89.9 Å². The van der Waals surface area contributed by atoms with Crippen LogP contribution in [0, 0.1) is 6.92 Å². The summed E-state index contributed by atoms with van der Waals surface area (Å²) in [6, 6.07) is 14.7. The van der Waals surface area contributed by atoms with E-state index in [0.29, 0.717) is 15.6 Å². The fourth-order valence-electron chi connectivity index (χ4n) is 5.15. The number of hydrogen-bond donors (Lipinski definition) is 1. The van der Waals surface area contributed by atoms with Crippen molar-refractivity contribution >= 4 is 73.9 Å². The van der Waals surface area contributed by atoms with Crippen LogP contribution in [0.25, 0.3) is 0 Å². The summed E-state index contributed by atoms with van der Waals surface area (Å²) in [5, 5.41) is 4.15. The summed E-state index contributed by atoms with van der Waals surface area (Å²) >= 11 is 25.3. The Hall–Kier alpha value is -2.49. The molecule has 3 aromatic rings. The molecule has 12 heteroatoms. The number of carbonyl (C=O) groups is 2. The van der Waals surface area contributed by atoms with Crippen LogP contribution in [0.3, 0.4) is 0 Å². The number of rotatable bonds is 11. The lowest BCUT2D eigenvalue weighted by Crippen LogP contribution is -2.53. The molecule has 0 heterocycles. The van der Waals surface area contributed by atoms with E-state index < -0.39 is 28.5 Å². The number of anilines is 1. The number of sulfonamides is 1. The minimum atomic E-state index is -4.30. The van der Waals surface area contributed by atoms with Gasteiger partial charge >= 0.3 is 0 Å². The second kappa shape index (κ2) is 14.5. The number of amides is 2. The van der Waals surface area contributed by atoms with Crippen molar-refractivity contribution in [1.29, 1.82) is 0 Å². The van der Waals surface area contributed by atoms with Gasteiger partial charge in [0.1, 0.15) is 12.6 Å². The van der Waals surface area contributed by atoms with Gasteiger partial charge in [-0.05, 0) is 74.2 Å². The molecule has 1 aliphatic carbocycles. The van der Waals surface area contributed by atoms with Crippen molar-refractivity contribution in [3.8, 4) is 0 Å². The standard InChI is InChI=1S/C31H33Cl4N3O4S/c1-3-28(31(40)36-24-6-4-5-7-24)37(18-21-10-11-22(32)16-27(21)35)30(39)19-38(29-17-23(33)12-15-26(29)34)43(41,42)25-13-8-20(2)9-14-25/h8-17,24,28H,3-7,18-19H2,1-2H3,(H,36,40). The number of nitrogens with one attached hydrogen (secondary N) is 1. The Balaban J connectivity index is 1.76. The molecule has 2 amide bonds. The maximum Gasteiger partial charge on any atom is 0.264 e. The molecule has 1 N–H and O–H groups in total. The van der Waals surface area contributed by atoms with Crippen molar-refractivity contribution in [2.24, 2.45) is 0 Å². The molecule has 0 bridgehead atoms. The van der Waals surface area contributed by atoms with Crippen molar-refractivity contribution in [1.82, 2.24) is 10.2 Å².